The number of nitrogens with zero attached hydrogens (tertiary/aromatic N) is 6. The van der Waals surface area contributed by atoms with E-state index in [4.69, 9.17) is 0 Å². The van der Waals surface area contributed by atoms with E-state index in [1.165, 1.54) is 11.1 Å². The van der Waals surface area contributed by atoms with Gasteiger partial charge in [-0.15, -0.1) is 10.2 Å². The number of aliphatic hydroxyl groups is 1. The summed E-state index contributed by atoms with van der Waals surface area (Å²) in [7, 11) is 0. The number of carbonyl (C=O) groups is 1. The predicted molar refractivity (Wildman–Crippen MR) is 88.8 cm³/mol. The summed E-state index contributed by atoms with van der Waals surface area (Å²) < 4.78 is 53.6. The van der Waals surface area contributed by atoms with Crippen LogP contribution in [0.25, 0.3) is 0 Å². The first-order chi connectivity index (χ1) is 13.7. The van der Waals surface area contributed by atoms with Crippen molar-refractivity contribution in [2.24, 2.45) is 22.4 Å². The Labute approximate surface area is 162 Å². The lowest BCUT2D eigenvalue weighted by atomic mass is 9.46. The maximum absolute atomic E-state index is 13.6. The summed E-state index contributed by atoms with van der Waals surface area (Å²) in [5.74, 6) is -0.492. The minimum absolute atomic E-state index is 0.159. The molecule has 2 heterocycles. The van der Waals surface area contributed by atoms with Crippen molar-refractivity contribution in [2.45, 2.75) is 69.1 Å². The molecule has 12 heteroatoms. The average molecular weight is 416 g/mol. The van der Waals surface area contributed by atoms with Crippen LogP contribution >= 0.6 is 0 Å². The van der Waals surface area contributed by atoms with Crippen molar-refractivity contribution in [2.75, 3.05) is 0 Å². The van der Waals surface area contributed by atoms with Crippen LogP contribution in [0.15, 0.2) is 11.4 Å². The Morgan fingerprint density at radius 1 is 1.17 bits per heavy atom. The second-order valence-corrected chi connectivity index (χ2v) is 9.06. The fourth-order valence-corrected chi connectivity index (χ4v) is 6.41. The lowest BCUT2D eigenvalue weighted by Gasteiger charge is -2.60. The van der Waals surface area contributed by atoms with Crippen molar-refractivity contribution in [1.82, 2.24) is 25.2 Å². The molecule has 4 fully saturated rings. The van der Waals surface area contributed by atoms with E-state index in [9.17, 15) is 27.5 Å². The number of halogens is 4. The van der Waals surface area contributed by atoms with E-state index in [0.717, 1.165) is 19.3 Å². The van der Waals surface area contributed by atoms with Crippen LogP contribution < -0.4 is 0 Å². The van der Waals surface area contributed by atoms with Crippen molar-refractivity contribution < 1.29 is 27.5 Å². The molecule has 1 amide bonds. The molecule has 1 aromatic heterocycles. The van der Waals surface area contributed by atoms with Gasteiger partial charge in [-0.1, -0.05) is 0 Å². The van der Waals surface area contributed by atoms with Crippen LogP contribution in [0.5, 0.6) is 0 Å². The summed E-state index contributed by atoms with van der Waals surface area (Å²) in [5.41, 5.74) is -5.58. The molecule has 6 rings (SSSR count). The van der Waals surface area contributed by atoms with Crippen LogP contribution in [0.4, 0.5) is 17.6 Å². The zero-order chi connectivity index (χ0) is 20.6. The van der Waals surface area contributed by atoms with E-state index in [0.29, 0.717) is 12.8 Å². The van der Waals surface area contributed by atoms with E-state index < -0.39 is 47.6 Å². The van der Waals surface area contributed by atoms with Gasteiger partial charge in [-0.3, -0.25) is 4.79 Å². The molecule has 5 atom stereocenters. The Kier molecular flexibility index (Phi) is 3.88. The van der Waals surface area contributed by atoms with Gasteiger partial charge in [0.2, 0.25) is 5.72 Å². The third kappa shape index (κ3) is 2.57. The molecular weight excluding hydrogens is 396 g/mol. The molecular formula is C17H20F4N6O2. The molecule has 1 aromatic rings. The smallest absolute Gasteiger partial charge is 0.287 e. The number of amides is 1. The molecule has 1 aliphatic heterocycles. The van der Waals surface area contributed by atoms with Gasteiger partial charge < -0.3 is 5.11 Å². The molecule has 0 saturated heterocycles. The third-order valence-corrected chi connectivity index (χ3v) is 7.09. The Morgan fingerprint density at radius 3 is 2.41 bits per heavy atom. The van der Waals surface area contributed by atoms with Crippen LogP contribution in [-0.4, -0.2) is 60.5 Å². The van der Waals surface area contributed by atoms with Crippen LogP contribution in [-0.2, 0) is 10.3 Å². The molecule has 158 valence electrons. The number of rotatable bonds is 4. The van der Waals surface area contributed by atoms with Crippen molar-refractivity contribution in [3.05, 3.63) is 6.33 Å². The van der Waals surface area contributed by atoms with Crippen molar-refractivity contribution in [3.63, 3.8) is 0 Å². The average Bonchev–Trinajstić information content (AvgIpc) is 3.29. The first-order valence-electron chi connectivity index (χ1n) is 9.62. The fourth-order valence-electron chi connectivity index (χ4n) is 6.41. The number of hydrogen-bond donors (Lipinski definition) is 1. The van der Waals surface area contributed by atoms with E-state index in [-0.39, 0.29) is 23.3 Å². The van der Waals surface area contributed by atoms with Crippen LogP contribution in [0.2, 0.25) is 0 Å². The minimum Gasteiger partial charge on any atom is -0.364 e. The van der Waals surface area contributed by atoms with E-state index in [1.807, 2.05) is 0 Å². The first kappa shape index (κ1) is 18.9. The van der Waals surface area contributed by atoms with Crippen molar-refractivity contribution in [3.8, 4) is 0 Å². The Hall–Kier alpha value is -2.11. The largest absolute Gasteiger partial charge is 0.364 e. The molecule has 8 nitrogen and oxygen atoms in total. The van der Waals surface area contributed by atoms with Crippen LogP contribution in [0.3, 0.4) is 0 Å². The second kappa shape index (κ2) is 5.96. The fraction of sp³-hybridized carbons (Fsp3) is 0.824. The monoisotopic (exact) mass is 416 g/mol. The standard InChI is InChI=1S/C17H20F4N6O2/c18-12(19)11-6-17(29,13(20)21)26(24-11)14(28)15-2-9-1-10(3-15)5-16(4-9,7-15)27-23-8-22-25-27/h8-10,12-13,29H,1-7H2/t9-,10+,15?,16?,17-/m0/s1. The van der Waals surface area contributed by atoms with Gasteiger partial charge in [0.15, 0.2) is 6.33 Å². The number of alkyl halides is 4. The molecule has 1 N–H and O–H groups in total. The maximum Gasteiger partial charge on any atom is 0.287 e. The number of aromatic nitrogens is 4. The van der Waals surface area contributed by atoms with Gasteiger partial charge in [0.05, 0.1) is 11.0 Å². The van der Waals surface area contributed by atoms with E-state index in [1.54, 1.807) is 0 Å². The number of carbonyl (C=O) groups excluding carboxylic acids is 1. The topological polar surface area (TPSA) is 96.5 Å². The minimum atomic E-state index is -3.42. The summed E-state index contributed by atoms with van der Waals surface area (Å²) in [6.07, 6.45) is -2.70. The first-order valence-corrected chi connectivity index (χ1v) is 9.62. The second-order valence-electron chi connectivity index (χ2n) is 9.06. The normalized spacial score (nSPS) is 40.9. The zero-order valence-electron chi connectivity index (χ0n) is 15.4. The number of hydrazone groups is 1. The summed E-state index contributed by atoms with van der Waals surface area (Å²) in [4.78, 5) is 15.0. The molecule has 2 unspecified atom stereocenters. The molecule has 0 radical (unpaired) electrons. The van der Waals surface area contributed by atoms with Crippen LogP contribution in [0.1, 0.15) is 44.9 Å². The molecule has 0 spiro atoms. The molecule has 5 aliphatic rings. The Bertz CT molecular complexity index is 848. The van der Waals surface area contributed by atoms with Crippen molar-refractivity contribution >= 4 is 11.6 Å². The van der Waals surface area contributed by atoms with Gasteiger partial charge in [-0.05, 0) is 55.6 Å². The summed E-state index contributed by atoms with van der Waals surface area (Å²) in [5, 5.41) is 26.1. The maximum atomic E-state index is 13.6. The zero-order valence-corrected chi connectivity index (χ0v) is 15.4. The summed E-state index contributed by atoms with van der Waals surface area (Å²) in [6.45, 7) is 0. The summed E-state index contributed by atoms with van der Waals surface area (Å²) >= 11 is 0. The van der Waals surface area contributed by atoms with Gasteiger partial charge in [0, 0.05) is 6.42 Å². The molecule has 29 heavy (non-hydrogen) atoms. The van der Waals surface area contributed by atoms with Gasteiger partial charge in [-0.2, -0.15) is 14.9 Å². The highest BCUT2D eigenvalue weighted by Gasteiger charge is 2.65. The molecule has 4 saturated carbocycles. The van der Waals surface area contributed by atoms with Gasteiger partial charge in [0.25, 0.3) is 18.8 Å². The third-order valence-electron chi connectivity index (χ3n) is 7.09. The van der Waals surface area contributed by atoms with Crippen LogP contribution in [0, 0.1) is 17.3 Å². The number of hydrogen-bond acceptors (Lipinski definition) is 6. The highest BCUT2D eigenvalue weighted by Crippen LogP contribution is 2.64. The molecule has 0 aromatic carbocycles. The lowest BCUT2D eigenvalue weighted by Crippen LogP contribution is -2.64. The summed E-state index contributed by atoms with van der Waals surface area (Å²) in [6, 6.07) is 0. The Morgan fingerprint density at radius 2 is 1.86 bits per heavy atom. The Balaban J connectivity index is 1.54. The molecule has 4 aliphatic carbocycles. The van der Waals surface area contributed by atoms with E-state index >= 15 is 0 Å². The predicted octanol–water partition coefficient (Wildman–Crippen LogP) is 1.78. The molecule has 4 bridgehead atoms. The highest BCUT2D eigenvalue weighted by molar-refractivity contribution is 5.94. The SMILES string of the molecule is O=C(N1N=C(C(F)F)C[C@]1(O)C(F)F)C12C[C@H]3C[C@@H](C1)CC(n1ncnn1)(C3)C2. The lowest BCUT2D eigenvalue weighted by molar-refractivity contribution is -0.211. The van der Waals surface area contributed by atoms with Gasteiger partial charge in [-0.25, -0.2) is 17.6 Å². The highest BCUT2D eigenvalue weighted by atomic mass is 19.3. The quantitative estimate of drug-likeness (QED) is 0.755. The van der Waals surface area contributed by atoms with Crippen molar-refractivity contribution in [1.29, 1.82) is 0 Å². The van der Waals surface area contributed by atoms with Gasteiger partial charge in [0.1, 0.15) is 5.71 Å². The van der Waals surface area contributed by atoms with E-state index in [2.05, 4.69) is 20.5 Å². The number of tetrazole rings is 1. The van der Waals surface area contributed by atoms with Gasteiger partial charge >= 0.3 is 0 Å².